The molecule has 0 unspecified atom stereocenters. The number of ether oxygens (including phenoxy) is 1. The maximum absolute atomic E-state index is 12.6. The number of aliphatic hydroxyl groups is 10. The van der Waals surface area contributed by atoms with Gasteiger partial charge >= 0.3 is 5.97 Å². The molecule has 0 fully saturated rings. The van der Waals surface area contributed by atoms with Crippen molar-refractivity contribution in [1.29, 1.82) is 0 Å². The van der Waals surface area contributed by atoms with E-state index in [0.717, 1.165) is 0 Å². The summed E-state index contributed by atoms with van der Waals surface area (Å²) in [7, 11) is 1.28. The van der Waals surface area contributed by atoms with Gasteiger partial charge in [0.15, 0.2) is 0 Å². The molecule has 336 valence electrons. The van der Waals surface area contributed by atoms with Gasteiger partial charge in [0, 0.05) is 44.7 Å². The highest BCUT2D eigenvalue weighted by atomic mass is 16.5. The second-order valence-corrected chi connectivity index (χ2v) is 14.8. The molecule has 0 rings (SSSR count). The lowest BCUT2D eigenvalue weighted by atomic mass is 9.92. The standard InChI is InChI=1S/C44H71NO14/c1-31(42(56)22-9-7-5-4-6-8-10-23-44(58)59-3)43(57)30-41(55)29-40(54)27-37(51)20-13-19-36(50)26-39(53)28-38(52)25-35(49)18-12-17-33(47)15-11-16-34(48)21-14-24-45-32(2)46/h4-13,15,18,20,23,31,33-42,47-56H,14,16-17,19,21-22,24-30H2,1-3H3,(H,45,46)/b5-4+,8-6+,9-7+,15-11+,18-12+,20-13+,23-10+/t31-,33-,34+,35-,36-,37-,38+,39+,40-,41-,42+/m1/s1. The molecule has 15 heteroatoms. The van der Waals surface area contributed by atoms with Crippen LogP contribution in [0.2, 0.25) is 0 Å². The number of rotatable bonds is 33. The summed E-state index contributed by atoms with van der Waals surface area (Å²) in [6.45, 7) is 3.47. The first-order valence-electron chi connectivity index (χ1n) is 20.3. The molecule has 0 saturated carbocycles. The SMILES string of the molecule is COC(=O)/C=C/C=C/C=C/C=C/C[C@H](O)[C@@H](C)C(=O)C[C@H](O)C[C@H](O)C[C@H](O)/C=C/C[C@@H](O)C[C@H](O)C[C@@H](O)C[C@H](O)/C=C/C[C@H](O)/C=C/C[C@H](O)CCCNC(C)=O. The molecule has 59 heavy (non-hydrogen) atoms. The molecular formula is C44H71NO14. The van der Waals surface area contributed by atoms with Crippen molar-refractivity contribution in [1.82, 2.24) is 5.32 Å². The first kappa shape index (κ1) is 55.4. The van der Waals surface area contributed by atoms with Gasteiger partial charge in [-0.3, -0.25) is 9.59 Å². The Labute approximate surface area is 349 Å². The number of carbonyl (C=O) groups excluding carboxylic acids is 3. The lowest BCUT2D eigenvalue weighted by molar-refractivity contribution is -0.135. The van der Waals surface area contributed by atoms with Crippen LogP contribution in [0.1, 0.15) is 90.9 Å². The van der Waals surface area contributed by atoms with Crippen LogP contribution in [0.3, 0.4) is 0 Å². The molecule has 11 N–H and O–H groups in total. The van der Waals surface area contributed by atoms with Crippen LogP contribution in [0, 0.1) is 5.92 Å². The van der Waals surface area contributed by atoms with Crippen LogP contribution in [-0.2, 0) is 19.1 Å². The Bertz CT molecular complexity index is 1360. The van der Waals surface area contributed by atoms with Crippen molar-refractivity contribution >= 4 is 17.7 Å². The van der Waals surface area contributed by atoms with Crippen LogP contribution >= 0.6 is 0 Å². The Morgan fingerprint density at radius 2 is 1.05 bits per heavy atom. The number of methoxy groups -OCH3 is 1. The second-order valence-electron chi connectivity index (χ2n) is 14.8. The molecule has 0 aromatic heterocycles. The van der Waals surface area contributed by atoms with Crippen molar-refractivity contribution in [2.75, 3.05) is 13.7 Å². The molecule has 11 atom stereocenters. The molecule has 0 aromatic carbocycles. The van der Waals surface area contributed by atoms with E-state index in [1.54, 1.807) is 61.6 Å². The fraction of sp³-hybridized carbons (Fsp3) is 0.614. The number of Topliss-reactive ketones (excluding diaryl/α,β-unsaturated/α-hetero) is 1. The van der Waals surface area contributed by atoms with E-state index in [9.17, 15) is 65.4 Å². The van der Waals surface area contributed by atoms with Crippen molar-refractivity contribution in [3.63, 3.8) is 0 Å². The monoisotopic (exact) mass is 837 g/mol. The number of hydrogen-bond donors (Lipinski definition) is 11. The minimum absolute atomic E-state index is 0.0654. The van der Waals surface area contributed by atoms with Crippen LogP contribution in [0.4, 0.5) is 0 Å². The third-order valence-corrected chi connectivity index (χ3v) is 9.04. The van der Waals surface area contributed by atoms with Gasteiger partial charge in [0.05, 0.1) is 68.1 Å². The van der Waals surface area contributed by atoms with Crippen LogP contribution in [0.5, 0.6) is 0 Å². The molecule has 0 aromatic rings. The van der Waals surface area contributed by atoms with Gasteiger partial charge in [-0.2, -0.15) is 0 Å². The van der Waals surface area contributed by atoms with Crippen LogP contribution < -0.4 is 5.32 Å². The molecule has 0 heterocycles. The molecule has 0 radical (unpaired) electrons. The number of nitrogens with one attached hydrogen (secondary N) is 1. The largest absolute Gasteiger partial charge is 0.466 e. The highest BCUT2D eigenvalue weighted by Crippen LogP contribution is 2.17. The molecule has 0 spiro atoms. The number of allylic oxidation sites excluding steroid dienone is 6. The average Bonchev–Trinajstić information content (AvgIpc) is 3.14. The summed E-state index contributed by atoms with van der Waals surface area (Å²) in [6.07, 6.45) is 13.1. The van der Waals surface area contributed by atoms with E-state index >= 15 is 0 Å². The van der Waals surface area contributed by atoms with Gasteiger partial charge in [-0.15, -0.1) is 0 Å². The molecule has 15 nitrogen and oxygen atoms in total. The third-order valence-electron chi connectivity index (χ3n) is 9.04. The van der Waals surface area contributed by atoms with Crippen molar-refractivity contribution in [2.45, 2.75) is 152 Å². The number of hydrogen-bond acceptors (Lipinski definition) is 14. The molecule has 0 aliphatic carbocycles. The number of ketones is 1. The quantitative estimate of drug-likeness (QED) is 0.0148. The van der Waals surface area contributed by atoms with Crippen LogP contribution in [-0.4, -0.2) is 143 Å². The molecule has 0 aliphatic heterocycles. The summed E-state index contributed by atoms with van der Waals surface area (Å²) in [4.78, 5) is 34.4. The highest BCUT2D eigenvalue weighted by molar-refractivity contribution is 5.82. The summed E-state index contributed by atoms with van der Waals surface area (Å²) in [6, 6.07) is 0. The zero-order chi connectivity index (χ0) is 44.6. The second kappa shape index (κ2) is 34.1. The summed E-state index contributed by atoms with van der Waals surface area (Å²) < 4.78 is 4.48. The normalized spacial score (nSPS) is 18.5. The fourth-order valence-electron chi connectivity index (χ4n) is 5.68. The van der Waals surface area contributed by atoms with E-state index in [1.807, 2.05) is 0 Å². The maximum atomic E-state index is 12.6. The highest BCUT2D eigenvalue weighted by Gasteiger charge is 2.25. The predicted octanol–water partition coefficient (Wildman–Crippen LogP) is 1.68. The number of carbonyl (C=O) groups is 3. The maximum Gasteiger partial charge on any atom is 0.330 e. The lowest BCUT2D eigenvalue weighted by Crippen LogP contribution is -2.30. The van der Waals surface area contributed by atoms with Gasteiger partial charge in [-0.25, -0.2) is 4.79 Å². The summed E-state index contributed by atoms with van der Waals surface area (Å²) >= 11 is 0. The van der Waals surface area contributed by atoms with E-state index < -0.39 is 72.9 Å². The molecule has 1 amide bonds. The smallest absolute Gasteiger partial charge is 0.330 e. The summed E-state index contributed by atoms with van der Waals surface area (Å²) in [5.74, 6) is -1.73. The van der Waals surface area contributed by atoms with Gasteiger partial charge in [-0.1, -0.05) is 85.9 Å². The summed E-state index contributed by atoms with van der Waals surface area (Å²) in [5.41, 5.74) is 0. The Morgan fingerprint density at radius 1 is 0.559 bits per heavy atom. The Kier molecular flexibility index (Phi) is 32.0. The van der Waals surface area contributed by atoms with Crippen molar-refractivity contribution in [3.05, 3.63) is 85.1 Å². The van der Waals surface area contributed by atoms with Gasteiger partial charge < -0.3 is 61.1 Å². The molecular weight excluding hydrogens is 766 g/mol. The van der Waals surface area contributed by atoms with Gasteiger partial charge in [0.1, 0.15) is 5.78 Å². The Morgan fingerprint density at radius 3 is 1.64 bits per heavy atom. The minimum atomic E-state index is -1.19. The van der Waals surface area contributed by atoms with Gasteiger partial charge in [0.25, 0.3) is 0 Å². The lowest BCUT2D eigenvalue weighted by Gasteiger charge is -2.20. The zero-order valence-corrected chi connectivity index (χ0v) is 34.7. The van der Waals surface area contributed by atoms with Gasteiger partial charge in [0.2, 0.25) is 5.91 Å². The van der Waals surface area contributed by atoms with E-state index in [1.165, 1.54) is 44.4 Å². The van der Waals surface area contributed by atoms with Crippen molar-refractivity contribution < 1.29 is 70.2 Å². The van der Waals surface area contributed by atoms with Crippen molar-refractivity contribution in [3.8, 4) is 0 Å². The first-order chi connectivity index (χ1) is 27.9. The van der Waals surface area contributed by atoms with Gasteiger partial charge in [-0.05, 0) is 57.8 Å². The predicted molar refractivity (Wildman–Crippen MR) is 224 cm³/mol. The number of amides is 1. The third kappa shape index (κ3) is 32.9. The minimum Gasteiger partial charge on any atom is -0.466 e. The Hall–Kier alpha value is -3.61. The van der Waals surface area contributed by atoms with Crippen LogP contribution in [0.15, 0.2) is 85.1 Å². The Balaban J connectivity index is 4.39. The fourth-order valence-corrected chi connectivity index (χ4v) is 5.68. The first-order valence-corrected chi connectivity index (χ1v) is 20.3. The van der Waals surface area contributed by atoms with Crippen LogP contribution in [0.25, 0.3) is 0 Å². The van der Waals surface area contributed by atoms with Crippen molar-refractivity contribution in [2.24, 2.45) is 5.92 Å². The zero-order valence-electron chi connectivity index (χ0n) is 34.7. The average molecular weight is 838 g/mol. The topological polar surface area (TPSA) is 275 Å². The number of aliphatic hydroxyl groups excluding tert-OH is 10. The molecule has 0 bridgehead atoms. The van der Waals surface area contributed by atoms with E-state index in [0.29, 0.717) is 25.8 Å². The van der Waals surface area contributed by atoms with E-state index in [2.05, 4.69) is 10.1 Å². The molecule has 0 aliphatic rings. The number of esters is 1. The summed E-state index contributed by atoms with van der Waals surface area (Å²) in [5, 5.41) is 105. The van der Waals surface area contributed by atoms with E-state index in [4.69, 9.17) is 0 Å². The van der Waals surface area contributed by atoms with E-state index in [-0.39, 0.29) is 69.5 Å². The molecule has 0 saturated heterocycles.